The summed E-state index contributed by atoms with van der Waals surface area (Å²) < 4.78 is 2.12. The van der Waals surface area contributed by atoms with Crippen molar-refractivity contribution >= 4 is 0 Å². The van der Waals surface area contributed by atoms with Crippen LogP contribution in [0, 0.1) is 0 Å². The predicted octanol–water partition coefficient (Wildman–Crippen LogP) is 3.01. The van der Waals surface area contributed by atoms with E-state index >= 15 is 0 Å². The highest BCUT2D eigenvalue weighted by Crippen LogP contribution is 2.15. The number of nitrogens with zero attached hydrogens (tertiary/aromatic N) is 3. The zero-order valence-electron chi connectivity index (χ0n) is 13.3. The van der Waals surface area contributed by atoms with Crippen LogP contribution in [0.1, 0.15) is 44.0 Å². The smallest absolute Gasteiger partial charge is 0.0640 e. The van der Waals surface area contributed by atoms with E-state index in [1.165, 1.54) is 5.56 Å². The lowest BCUT2D eigenvalue weighted by Crippen LogP contribution is -2.30. The minimum atomic E-state index is 0.400. The average Bonchev–Trinajstić information content (AvgIpc) is 2.97. The fourth-order valence-electron chi connectivity index (χ4n) is 2.68. The highest BCUT2D eigenvalue weighted by Gasteiger charge is 2.12. The van der Waals surface area contributed by atoms with Gasteiger partial charge in [0.05, 0.1) is 11.7 Å². The Kier molecular flexibility index (Phi) is 5.93. The second-order valence-electron chi connectivity index (χ2n) is 5.51. The van der Waals surface area contributed by atoms with E-state index in [9.17, 15) is 0 Å². The van der Waals surface area contributed by atoms with Gasteiger partial charge in [-0.25, -0.2) is 0 Å². The van der Waals surface area contributed by atoms with Gasteiger partial charge in [-0.3, -0.25) is 9.67 Å². The Bertz CT molecular complexity index is 517. The van der Waals surface area contributed by atoms with E-state index in [1.54, 1.807) is 0 Å². The highest BCUT2D eigenvalue weighted by molar-refractivity contribution is 5.13. The Morgan fingerprint density at radius 1 is 1.10 bits per heavy atom. The first-order valence-corrected chi connectivity index (χ1v) is 7.87. The second-order valence-corrected chi connectivity index (χ2v) is 5.51. The Hall–Kier alpha value is -1.68. The van der Waals surface area contributed by atoms with Gasteiger partial charge in [-0.2, -0.15) is 5.10 Å². The van der Waals surface area contributed by atoms with Gasteiger partial charge in [0.2, 0.25) is 0 Å². The van der Waals surface area contributed by atoms with Gasteiger partial charge in [-0.15, -0.1) is 0 Å². The lowest BCUT2D eigenvalue weighted by atomic mass is 10.0. The normalized spacial score (nSPS) is 12.8. The first-order valence-electron chi connectivity index (χ1n) is 7.87. The molecule has 21 heavy (non-hydrogen) atoms. The maximum absolute atomic E-state index is 4.75. The van der Waals surface area contributed by atoms with Gasteiger partial charge in [-0.1, -0.05) is 13.8 Å². The number of hydrogen-bond acceptors (Lipinski definition) is 3. The maximum Gasteiger partial charge on any atom is 0.0640 e. The van der Waals surface area contributed by atoms with Crippen LogP contribution in [-0.4, -0.2) is 27.9 Å². The summed E-state index contributed by atoms with van der Waals surface area (Å²) in [5.74, 6) is 0. The fourth-order valence-corrected chi connectivity index (χ4v) is 2.68. The van der Waals surface area contributed by atoms with Crippen LogP contribution in [0.3, 0.4) is 0 Å². The van der Waals surface area contributed by atoms with Crippen molar-refractivity contribution in [2.45, 2.75) is 51.6 Å². The van der Waals surface area contributed by atoms with Crippen LogP contribution in [0.5, 0.6) is 0 Å². The molecule has 2 rings (SSSR count). The third-order valence-corrected chi connectivity index (χ3v) is 4.08. The van der Waals surface area contributed by atoms with Gasteiger partial charge in [0.25, 0.3) is 0 Å². The second kappa shape index (κ2) is 7.93. The molecule has 4 nitrogen and oxygen atoms in total. The molecule has 0 saturated heterocycles. The van der Waals surface area contributed by atoms with Crippen molar-refractivity contribution in [3.63, 3.8) is 0 Å². The minimum Gasteiger partial charge on any atom is -0.316 e. The SMILES string of the molecule is CCC(CC)n1ccc(CC(Cc2ccncc2)NC)n1. The summed E-state index contributed by atoms with van der Waals surface area (Å²) in [6.07, 6.45) is 10.0. The molecule has 2 aromatic rings. The molecule has 0 aromatic carbocycles. The summed E-state index contributed by atoms with van der Waals surface area (Å²) in [7, 11) is 2.02. The molecule has 0 aliphatic heterocycles. The van der Waals surface area contributed by atoms with Crippen LogP contribution in [0.4, 0.5) is 0 Å². The van der Waals surface area contributed by atoms with Crippen LogP contribution < -0.4 is 5.32 Å². The Balaban J connectivity index is 1.99. The number of likely N-dealkylation sites (N-methyl/N-ethyl adjacent to an activating group) is 1. The van der Waals surface area contributed by atoms with Gasteiger partial charge >= 0.3 is 0 Å². The fraction of sp³-hybridized carbons (Fsp3) is 0.529. The van der Waals surface area contributed by atoms with Gasteiger partial charge < -0.3 is 5.32 Å². The van der Waals surface area contributed by atoms with Crippen molar-refractivity contribution in [2.24, 2.45) is 0 Å². The summed E-state index contributed by atoms with van der Waals surface area (Å²) >= 11 is 0. The van der Waals surface area contributed by atoms with E-state index in [4.69, 9.17) is 5.10 Å². The van der Waals surface area contributed by atoms with Crippen molar-refractivity contribution in [3.8, 4) is 0 Å². The molecule has 0 amide bonds. The molecule has 2 heterocycles. The van der Waals surface area contributed by atoms with Crippen molar-refractivity contribution in [3.05, 3.63) is 48.0 Å². The Morgan fingerprint density at radius 3 is 2.43 bits per heavy atom. The van der Waals surface area contributed by atoms with E-state index in [2.05, 4.69) is 53.2 Å². The third-order valence-electron chi connectivity index (χ3n) is 4.08. The first-order chi connectivity index (χ1) is 10.3. The third kappa shape index (κ3) is 4.39. The maximum atomic E-state index is 4.75. The average molecular weight is 286 g/mol. The summed E-state index contributed by atoms with van der Waals surface area (Å²) in [4.78, 5) is 4.07. The number of aromatic nitrogens is 3. The number of rotatable bonds is 8. The number of nitrogens with one attached hydrogen (secondary N) is 1. The molecule has 0 radical (unpaired) electrons. The molecule has 0 fully saturated rings. The van der Waals surface area contributed by atoms with E-state index in [0.717, 1.165) is 31.4 Å². The number of hydrogen-bond donors (Lipinski definition) is 1. The molecule has 1 N–H and O–H groups in total. The van der Waals surface area contributed by atoms with E-state index in [1.807, 2.05) is 19.4 Å². The first kappa shape index (κ1) is 15.7. The topological polar surface area (TPSA) is 42.7 Å². The Morgan fingerprint density at radius 2 is 1.81 bits per heavy atom. The molecule has 0 saturated carbocycles. The van der Waals surface area contributed by atoms with Crippen LogP contribution in [-0.2, 0) is 12.8 Å². The summed E-state index contributed by atoms with van der Waals surface area (Å²) in [6.45, 7) is 4.44. The minimum absolute atomic E-state index is 0.400. The molecule has 0 bridgehead atoms. The summed E-state index contributed by atoms with van der Waals surface area (Å²) in [5.41, 5.74) is 2.47. The van der Waals surface area contributed by atoms with E-state index in [0.29, 0.717) is 12.1 Å². The number of pyridine rings is 1. The van der Waals surface area contributed by atoms with Crippen LogP contribution in [0.25, 0.3) is 0 Å². The largest absolute Gasteiger partial charge is 0.316 e. The summed E-state index contributed by atoms with van der Waals surface area (Å²) in [6, 6.07) is 7.22. The van der Waals surface area contributed by atoms with Crippen LogP contribution in [0.2, 0.25) is 0 Å². The lowest BCUT2D eigenvalue weighted by Gasteiger charge is -2.15. The van der Waals surface area contributed by atoms with Crippen molar-refractivity contribution < 1.29 is 0 Å². The summed E-state index contributed by atoms with van der Waals surface area (Å²) in [5, 5.41) is 8.14. The van der Waals surface area contributed by atoms with Gasteiger partial charge in [0.15, 0.2) is 0 Å². The van der Waals surface area contributed by atoms with E-state index in [-0.39, 0.29) is 0 Å². The Labute approximate surface area is 127 Å². The quantitative estimate of drug-likeness (QED) is 0.811. The molecular formula is C17H26N4. The lowest BCUT2D eigenvalue weighted by molar-refractivity contribution is 0.422. The van der Waals surface area contributed by atoms with Gasteiger partial charge in [-0.05, 0) is 50.1 Å². The monoisotopic (exact) mass is 286 g/mol. The molecule has 0 aliphatic carbocycles. The molecule has 2 aromatic heterocycles. The van der Waals surface area contributed by atoms with Crippen molar-refractivity contribution in [1.82, 2.24) is 20.1 Å². The predicted molar refractivity (Wildman–Crippen MR) is 86.3 cm³/mol. The van der Waals surface area contributed by atoms with Crippen LogP contribution >= 0.6 is 0 Å². The molecule has 1 atom stereocenters. The standard InChI is InChI=1S/C17H26N4/c1-4-17(5-2)21-11-8-15(20-21)13-16(18-3)12-14-6-9-19-10-7-14/h6-11,16-18H,4-5,12-13H2,1-3H3. The zero-order valence-corrected chi connectivity index (χ0v) is 13.3. The van der Waals surface area contributed by atoms with Gasteiger partial charge in [0, 0.05) is 31.1 Å². The van der Waals surface area contributed by atoms with E-state index < -0.39 is 0 Å². The zero-order chi connectivity index (χ0) is 15.1. The molecule has 4 heteroatoms. The van der Waals surface area contributed by atoms with Crippen molar-refractivity contribution in [1.29, 1.82) is 0 Å². The molecular weight excluding hydrogens is 260 g/mol. The molecule has 1 unspecified atom stereocenters. The molecule has 0 aliphatic rings. The molecule has 114 valence electrons. The van der Waals surface area contributed by atoms with Crippen LogP contribution in [0.15, 0.2) is 36.8 Å². The molecule has 0 spiro atoms. The van der Waals surface area contributed by atoms with Crippen molar-refractivity contribution in [2.75, 3.05) is 7.05 Å². The highest BCUT2D eigenvalue weighted by atomic mass is 15.3. The van der Waals surface area contributed by atoms with Gasteiger partial charge in [0.1, 0.15) is 0 Å².